The average molecular weight is 465 g/mol. The third kappa shape index (κ3) is 6.21. The smallest absolute Gasteiger partial charge is 0.223 e. The van der Waals surface area contributed by atoms with Gasteiger partial charge in [-0.1, -0.05) is 78.3 Å². The van der Waals surface area contributed by atoms with Crippen LogP contribution in [0.25, 0.3) is 0 Å². The molecular formula is C28H30ClFN2O. The molecule has 0 bridgehead atoms. The first kappa shape index (κ1) is 23.5. The van der Waals surface area contributed by atoms with Gasteiger partial charge < -0.3 is 5.32 Å². The summed E-state index contributed by atoms with van der Waals surface area (Å²) in [7, 11) is 0. The minimum Gasteiger partial charge on any atom is -0.356 e. The second kappa shape index (κ2) is 11.4. The highest BCUT2D eigenvalue weighted by atomic mass is 35.5. The molecule has 1 amide bonds. The summed E-state index contributed by atoms with van der Waals surface area (Å²) in [6.45, 7) is 2.65. The molecule has 0 atom stereocenters. The zero-order valence-electron chi connectivity index (χ0n) is 18.7. The quantitative estimate of drug-likeness (QED) is 0.441. The van der Waals surface area contributed by atoms with E-state index in [1.165, 1.54) is 17.2 Å². The van der Waals surface area contributed by atoms with Crippen molar-refractivity contribution in [2.24, 2.45) is 5.92 Å². The van der Waals surface area contributed by atoms with Gasteiger partial charge >= 0.3 is 0 Å². The van der Waals surface area contributed by atoms with Crippen molar-refractivity contribution in [2.75, 3.05) is 19.6 Å². The zero-order chi connectivity index (χ0) is 23.0. The van der Waals surface area contributed by atoms with Crippen molar-refractivity contribution in [1.82, 2.24) is 10.2 Å². The fraction of sp³-hybridized carbons (Fsp3) is 0.321. The van der Waals surface area contributed by atoms with E-state index in [0.29, 0.717) is 23.7 Å². The van der Waals surface area contributed by atoms with Gasteiger partial charge in [0.05, 0.1) is 0 Å². The van der Waals surface area contributed by atoms with Gasteiger partial charge in [-0.3, -0.25) is 9.69 Å². The summed E-state index contributed by atoms with van der Waals surface area (Å²) in [5.41, 5.74) is 3.06. The van der Waals surface area contributed by atoms with Crippen molar-refractivity contribution in [1.29, 1.82) is 0 Å². The second-order valence-corrected chi connectivity index (χ2v) is 9.11. The number of amides is 1. The first-order chi connectivity index (χ1) is 16.1. The van der Waals surface area contributed by atoms with Crippen molar-refractivity contribution in [3.05, 3.63) is 106 Å². The second-order valence-electron chi connectivity index (χ2n) is 8.70. The highest BCUT2D eigenvalue weighted by Gasteiger charge is 2.26. The van der Waals surface area contributed by atoms with Crippen molar-refractivity contribution in [2.45, 2.75) is 31.7 Å². The summed E-state index contributed by atoms with van der Waals surface area (Å²) >= 11 is 6.17. The number of nitrogens with zero attached hydrogens (tertiary/aromatic N) is 1. The van der Waals surface area contributed by atoms with Gasteiger partial charge in [-0.05, 0) is 55.6 Å². The Kier molecular flexibility index (Phi) is 8.14. The first-order valence-electron chi connectivity index (χ1n) is 11.6. The number of carbonyl (C=O) groups is 1. The number of nitrogens with one attached hydrogen (secondary N) is 1. The number of rotatable bonds is 8. The molecule has 1 N–H and O–H groups in total. The highest BCUT2D eigenvalue weighted by molar-refractivity contribution is 6.31. The van der Waals surface area contributed by atoms with E-state index in [0.717, 1.165) is 32.4 Å². The number of likely N-dealkylation sites (tertiary alicyclic amines) is 1. The van der Waals surface area contributed by atoms with Crippen LogP contribution in [0, 0.1) is 11.7 Å². The monoisotopic (exact) mass is 464 g/mol. The van der Waals surface area contributed by atoms with Crippen LogP contribution in [-0.4, -0.2) is 30.4 Å². The van der Waals surface area contributed by atoms with Gasteiger partial charge in [0.15, 0.2) is 0 Å². The van der Waals surface area contributed by atoms with Crippen molar-refractivity contribution < 1.29 is 9.18 Å². The summed E-state index contributed by atoms with van der Waals surface area (Å²) in [5, 5.41) is 3.63. The molecule has 1 heterocycles. The summed E-state index contributed by atoms with van der Waals surface area (Å²) in [4.78, 5) is 15.0. The van der Waals surface area contributed by atoms with Crippen LogP contribution in [0.3, 0.4) is 0 Å². The van der Waals surface area contributed by atoms with E-state index in [-0.39, 0.29) is 23.6 Å². The Labute approximate surface area is 200 Å². The Morgan fingerprint density at radius 1 is 0.939 bits per heavy atom. The molecule has 1 saturated heterocycles. The van der Waals surface area contributed by atoms with Crippen molar-refractivity contribution >= 4 is 17.5 Å². The molecule has 0 aliphatic carbocycles. The van der Waals surface area contributed by atoms with Crippen molar-refractivity contribution in [3.8, 4) is 0 Å². The molecule has 0 saturated carbocycles. The minimum atomic E-state index is -0.270. The van der Waals surface area contributed by atoms with Gasteiger partial charge in [0.1, 0.15) is 5.82 Å². The Morgan fingerprint density at radius 2 is 1.55 bits per heavy atom. The fourth-order valence-electron chi connectivity index (χ4n) is 4.64. The first-order valence-corrected chi connectivity index (χ1v) is 12.0. The van der Waals surface area contributed by atoms with Crippen LogP contribution >= 0.6 is 11.6 Å². The predicted octanol–water partition coefficient (Wildman–Crippen LogP) is 6.03. The van der Waals surface area contributed by atoms with Crippen LogP contribution in [0.1, 0.15) is 41.9 Å². The number of hydrogen-bond donors (Lipinski definition) is 1. The van der Waals surface area contributed by atoms with E-state index in [9.17, 15) is 9.18 Å². The van der Waals surface area contributed by atoms with E-state index >= 15 is 0 Å². The summed E-state index contributed by atoms with van der Waals surface area (Å²) in [6.07, 6.45) is 2.40. The molecule has 3 aromatic rings. The van der Waals surface area contributed by atoms with E-state index < -0.39 is 0 Å². The molecule has 0 aromatic heterocycles. The fourth-order valence-corrected chi connectivity index (χ4v) is 4.86. The molecule has 33 heavy (non-hydrogen) atoms. The van der Waals surface area contributed by atoms with Gasteiger partial charge in [-0.15, -0.1) is 0 Å². The number of halogens is 2. The topological polar surface area (TPSA) is 32.3 Å². The van der Waals surface area contributed by atoms with Gasteiger partial charge in [-0.25, -0.2) is 4.39 Å². The number of carbonyl (C=O) groups excluding carboxylic acids is 1. The third-order valence-corrected chi connectivity index (χ3v) is 6.89. The van der Waals surface area contributed by atoms with E-state index in [4.69, 9.17) is 11.6 Å². The molecule has 1 aliphatic heterocycles. The van der Waals surface area contributed by atoms with Crippen LogP contribution < -0.4 is 5.32 Å². The zero-order valence-corrected chi connectivity index (χ0v) is 19.5. The lowest BCUT2D eigenvalue weighted by Crippen LogP contribution is -2.40. The Hall–Kier alpha value is -2.69. The van der Waals surface area contributed by atoms with Crippen LogP contribution in [0.2, 0.25) is 5.02 Å². The molecule has 172 valence electrons. The van der Waals surface area contributed by atoms with Crippen LogP contribution in [-0.2, 0) is 11.3 Å². The van der Waals surface area contributed by atoms with Gasteiger partial charge in [0.2, 0.25) is 5.91 Å². The lowest BCUT2D eigenvalue weighted by Gasteiger charge is -2.31. The molecule has 0 unspecified atom stereocenters. The van der Waals surface area contributed by atoms with Gasteiger partial charge in [0.25, 0.3) is 0 Å². The van der Waals surface area contributed by atoms with E-state index in [1.807, 2.05) is 12.1 Å². The standard InChI is InChI=1S/C28H30ClFN2O/c29-26-12-7-13-27(30)25(26)20-32-18-15-23(16-19-32)28(33)31-17-14-24(21-8-3-1-4-9-21)22-10-5-2-6-11-22/h1-13,23-24H,14-20H2,(H,31,33). The lowest BCUT2D eigenvalue weighted by atomic mass is 9.88. The van der Waals surface area contributed by atoms with Crippen LogP contribution in [0.15, 0.2) is 78.9 Å². The molecule has 3 nitrogen and oxygen atoms in total. The molecule has 3 aromatic carbocycles. The summed E-state index contributed by atoms with van der Waals surface area (Å²) < 4.78 is 14.1. The minimum absolute atomic E-state index is 0.00393. The molecule has 4 rings (SSSR count). The lowest BCUT2D eigenvalue weighted by molar-refractivity contribution is -0.126. The van der Waals surface area contributed by atoms with Crippen LogP contribution in [0.5, 0.6) is 0 Å². The maximum atomic E-state index is 14.1. The number of hydrogen-bond acceptors (Lipinski definition) is 2. The molecule has 0 radical (unpaired) electrons. The van der Waals surface area contributed by atoms with Crippen molar-refractivity contribution in [3.63, 3.8) is 0 Å². The average Bonchev–Trinajstić information content (AvgIpc) is 2.85. The van der Waals surface area contributed by atoms with E-state index in [1.54, 1.807) is 12.1 Å². The maximum absolute atomic E-state index is 14.1. The Bertz CT molecular complexity index is 977. The summed E-state index contributed by atoms with van der Waals surface area (Å²) in [5.74, 6) is 0.108. The number of piperidine rings is 1. The maximum Gasteiger partial charge on any atom is 0.223 e. The third-order valence-electron chi connectivity index (χ3n) is 6.54. The van der Waals surface area contributed by atoms with E-state index in [2.05, 4.69) is 58.7 Å². The predicted molar refractivity (Wildman–Crippen MR) is 132 cm³/mol. The summed E-state index contributed by atoms with van der Waals surface area (Å²) in [6, 6.07) is 25.7. The van der Waals surface area contributed by atoms with Gasteiger partial charge in [0, 0.05) is 35.5 Å². The molecule has 1 aliphatic rings. The Balaban J connectivity index is 1.28. The molecule has 0 spiro atoms. The largest absolute Gasteiger partial charge is 0.356 e. The molecule has 1 fully saturated rings. The normalized spacial score (nSPS) is 15.0. The Morgan fingerprint density at radius 3 is 2.12 bits per heavy atom. The van der Waals surface area contributed by atoms with Crippen LogP contribution in [0.4, 0.5) is 4.39 Å². The number of benzene rings is 3. The SMILES string of the molecule is O=C(NCCC(c1ccccc1)c1ccccc1)C1CCN(Cc2c(F)cccc2Cl)CC1. The molecular weight excluding hydrogens is 435 g/mol. The van der Waals surface area contributed by atoms with Gasteiger partial charge in [-0.2, -0.15) is 0 Å². The molecule has 5 heteroatoms. The highest BCUT2D eigenvalue weighted by Crippen LogP contribution is 2.28.